The maximum absolute atomic E-state index is 9.28. The minimum Gasteiger partial charge on any atom is -0.460 e. The minimum atomic E-state index is 0.649. The molecule has 142 valence electrons. The molecule has 1 aliphatic heterocycles. The molecule has 1 saturated heterocycles. The zero-order chi connectivity index (χ0) is 19.2. The highest BCUT2D eigenvalue weighted by Crippen LogP contribution is 2.26. The molecule has 0 bridgehead atoms. The summed E-state index contributed by atoms with van der Waals surface area (Å²) in [7, 11) is 0. The Morgan fingerprint density at radius 1 is 0.821 bits per heavy atom. The first-order chi connectivity index (χ1) is 13.8. The van der Waals surface area contributed by atoms with Crippen LogP contribution in [-0.4, -0.2) is 42.5 Å². The van der Waals surface area contributed by atoms with Crippen LogP contribution in [-0.2, 0) is 13.0 Å². The van der Waals surface area contributed by atoms with Crippen molar-refractivity contribution in [1.82, 2.24) is 9.80 Å². The van der Waals surface area contributed by atoms with Crippen LogP contribution in [0.3, 0.4) is 0 Å². The van der Waals surface area contributed by atoms with Gasteiger partial charge in [0.15, 0.2) is 0 Å². The summed E-state index contributed by atoms with van der Waals surface area (Å²) >= 11 is 0. The van der Waals surface area contributed by atoms with Crippen molar-refractivity contribution >= 4 is 0 Å². The average Bonchev–Trinajstić information content (AvgIpc) is 3.22. The predicted molar refractivity (Wildman–Crippen MR) is 111 cm³/mol. The van der Waals surface area contributed by atoms with E-state index in [0.717, 1.165) is 62.8 Å². The van der Waals surface area contributed by atoms with E-state index in [-0.39, 0.29) is 0 Å². The topological polar surface area (TPSA) is 43.4 Å². The zero-order valence-electron chi connectivity index (χ0n) is 16.1. The molecule has 0 aliphatic carbocycles. The molecule has 2 aromatic carbocycles. The molecule has 4 heteroatoms. The van der Waals surface area contributed by atoms with Crippen LogP contribution in [0.25, 0.3) is 11.3 Å². The molecule has 0 N–H and O–H groups in total. The third-order valence-corrected chi connectivity index (χ3v) is 5.38. The van der Waals surface area contributed by atoms with Crippen LogP contribution < -0.4 is 0 Å². The maximum atomic E-state index is 9.28. The minimum absolute atomic E-state index is 0.649. The molecule has 1 aromatic heterocycles. The van der Waals surface area contributed by atoms with Crippen LogP contribution in [0.2, 0.25) is 0 Å². The van der Waals surface area contributed by atoms with Gasteiger partial charge in [0.25, 0.3) is 0 Å². The Balaban J connectivity index is 1.28. The van der Waals surface area contributed by atoms with Gasteiger partial charge in [-0.05, 0) is 36.2 Å². The number of piperazine rings is 1. The lowest BCUT2D eigenvalue weighted by Crippen LogP contribution is -2.46. The van der Waals surface area contributed by atoms with Gasteiger partial charge in [0.05, 0.1) is 18.2 Å². The van der Waals surface area contributed by atoms with Crippen LogP contribution in [0, 0.1) is 11.3 Å². The highest BCUT2D eigenvalue weighted by atomic mass is 16.3. The zero-order valence-corrected chi connectivity index (χ0v) is 16.1. The average molecular weight is 371 g/mol. The summed E-state index contributed by atoms with van der Waals surface area (Å²) in [6.07, 6.45) is 1.11. The highest BCUT2D eigenvalue weighted by Gasteiger charge is 2.18. The normalized spacial score (nSPS) is 15.4. The lowest BCUT2D eigenvalue weighted by atomic mass is 10.1. The summed E-state index contributed by atoms with van der Waals surface area (Å²) < 4.78 is 6.04. The van der Waals surface area contributed by atoms with Crippen molar-refractivity contribution in [3.8, 4) is 17.4 Å². The first-order valence-electron chi connectivity index (χ1n) is 9.89. The van der Waals surface area contributed by atoms with E-state index in [1.54, 1.807) is 0 Å². The molecule has 0 atom stereocenters. The van der Waals surface area contributed by atoms with Crippen LogP contribution in [0.5, 0.6) is 0 Å². The van der Waals surface area contributed by atoms with Gasteiger partial charge >= 0.3 is 0 Å². The van der Waals surface area contributed by atoms with Crippen LogP contribution >= 0.6 is 0 Å². The van der Waals surface area contributed by atoms with Gasteiger partial charge in [-0.2, -0.15) is 5.26 Å². The van der Waals surface area contributed by atoms with Gasteiger partial charge in [0, 0.05) is 38.3 Å². The molecule has 0 saturated carbocycles. The lowest BCUT2D eigenvalue weighted by Gasteiger charge is -2.34. The largest absolute Gasteiger partial charge is 0.460 e. The molecule has 3 aromatic rings. The molecular formula is C24H25N3O. The highest BCUT2D eigenvalue weighted by molar-refractivity contribution is 5.66. The van der Waals surface area contributed by atoms with Gasteiger partial charge in [-0.15, -0.1) is 0 Å². The van der Waals surface area contributed by atoms with Crippen molar-refractivity contribution < 1.29 is 4.42 Å². The van der Waals surface area contributed by atoms with E-state index in [1.807, 2.05) is 36.4 Å². The van der Waals surface area contributed by atoms with E-state index in [2.05, 4.69) is 46.2 Å². The fourth-order valence-electron chi connectivity index (χ4n) is 3.73. The van der Waals surface area contributed by atoms with Gasteiger partial charge in [-0.25, -0.2) is 0 Å². The van der Waals surface area contributed by atoms with E-state index in [0.29, 0.717) is 5.56 Å². The number of rotatable bonds is 6. The fourth-order valence-corrected chi connectivity index (χ4v) is 3.73. The molecule has 0 amide bonds. The fraction of sp³-hybridized carbons (Fsp3) is 0.292. The Bertz CT molecular complexity index is 934. The predicted octanol–water partition coefficient (Wildman–Crippen LogP) is 4.18. The number of furan rings is 1. The molecular weight excluding hydrogens is 346 g/mol. The summed E-state index contributed by atoms with van der Waals surface area (Å²) in [5, 5.41) is 9.28. The number of nitrogens with zero attached hydrogens (tertiary/aromatic N) is 3. The monoisotopic (exact) mass is 371 g/mol. The summed E-state index contributed by atoms with van der Waals surface area (Å²) in [5.41, 5.74) is 2.92. The first kappa shape index (κ1) is 18.5. The summed E-state index contributed by atoms with van der Waals surface area (Å²) in [6.45, 7) is 6.24. The molecule has 2 heterocycles. The van der Waals surface area contributed by atoms with E-state index >= 15 is 0 Å². The Kier molecular flexibility index (Phi) is 5.86. The summed E-state index contributed by atoms with van der Waals surface area (Å²) in [4.78, 5) is 4.98. The number of hydrogen-bond acceptors (Lipinski definition) is 4. The van der Waals surface area contributed by atoms with Crippen LogP contribution in [0.1, 0.15) is 16.9 Å². The van der Waals surface area contributed by atoms with E-state index < -0.39 is 0 Å². The van der Waals surface area contributed by atoms with Crippen molar-refractivity contribution in [2.24, 2.45) is 0 Å². The summed E-state index contributed by atoms with van der Waals surface area (Å²) in [6, 6.07) is 24.5. The van der Waals surface area contributed by atoms with Crippen LogP contribution in [0.15, 0.2) is 71.1 Å². The van der Waals surface area contributed by atoms with Gasteiger partial charge in [0.1, 0.15) is 11.5 Å². The second-order valence-electron chi connectivity index (χ2n) is 7.28. The SMILES string of the molecule is N#Cc1ccccc1-c1ccc(CN2CCN(CCc3ccccc3)CC2)o1. The van der Waals surface area contributed by atoms with Gasteiger partial charge in [-0.1, -0.05) is 42.5 Å². The van der Waals surface area contributed by atoms with Crippen molar-refractivity contribution in [2.75, 3.05) is 32.7 Å². The molecule has 0 radical (unpaired) electrons. The Morgan fingerprint density at radius 2 is 1.54 bits per heavy atom. The number of nitriles is 1. The van der Waals surface area contributed by atoms with Gasteiger partial charge in [0.2, 0.25) is 0 Å². The number of hydrogen-bond donors (Lipinski definition) is 0. The second kappa shape index (κ2) is 8.88. The quantitative estimate of drug-likeness (QED) is 0.652. The molecule has 4 rings (SSSR count). The molecule has 1 aliphatic rings. The Hall–Kier alpha value is -2.87. The Labute approximate surface area is 166 Å². The molecule has 0 unspecified atom stereocenters. The third kappa shape index (κ3) is 4.51. The Morgan fingerprint density at radius 3 is 2.32 bits per heavy atom. The van der Waals surface area contributed by atoms with Gasteiger partial charge in [-0.3, -0.25) is 4.90 Å². The van der Waals surface area contributed by atoms with Gasteiger partial charge < -0.3 is 9.32 Å². The first-order valence-corrected chi connectivity index (χ1v) is 9.89. The molecule has 1 fully saturated rings. The van der Waals surface area contributed by atoms with E-state index in [1.165, 1.54) is 5.56 Å². The maximum Gasteiger partial charge on any atom is 0.135 e. The van der Waals surface area contributed by atoms with E-state index in [9.17, 15) is 5.26 Å². The molecule has 4 nitrogen and oxygen atoms in total. The second-order valence-corrected chi connectivity index (χ2v) is 7.28. The summed E-state index contributed by atoms with van der Waals surface area (Å²) in [5.74, 6) is 1.73. The number of benzene rings is 2. The van der Waals surface area contributed by atoms with Crippen molar-refractivity contribution in [3.05, 3.63) is 83.6 Å². The molecule has 0 spiro atoms. The molecule has 28 heavy (non-hydrogen) atoms. The third-order valence-electron chi connectivity index (χ3n) is 5.38. The van der Waals surface area contributed by atoms with E-state index in [4.69, 9.17) is 4.42 Å². The van der Waals surface area contributed by atoms with Crippen molar-refractivity contribution in [2.45, 2.75) is 13.0 Å². The standard InChI is InChI=1S/C24H25N3O/c25-18-21-8-4-5-9-23(21)24-11-10-22(28-24)19-27-16-14-26(15-17-27)13-12-20-6-2-1-3-7-20/h1-11H,12-17,19H2. The lowest BCUT2D eigenvalue weighted by molar-refractivity contribution is 0.122. The van der Waals surface area contributed by atoms with Crippen molar-refractivity contribution in [1.29, 1.82) is 5.26 Å². The van der Waals surface area contributed by atoms with Crippen LogP contribution in [0.4, 0.5) is 0 Å². The van der Waals surface area contributed by atoms with Crippen molar-refractivity contribution in [3.63, 3.8) is 0 Å². The smallest absolute Gasteiger partial charge is 0.135 e.